The highest BCUT2D eigenvalue weighted by Crippen LogP contribution is 2.18. The number of anilines is 1. The summed E-state index contributed by atoms with van der Waals surface area (Å²) in [5.74, 6) is 0.127. The number of hydrogen-bond donors (Lipinski definition) is 1. The van der Waals surface area contributed by atoms with Gasteiger partial charge >= 0.3 is 5.97 Å². The molecule has 0 saturated carbocycles. The van der Waals surface area contributed by atoms with Crippen molar-refractivity contribution < 1.29 is 19.4 Å². The maximum Gasteiger partial charge on any atom is 0.339 e. The van der Waals surface area contributed by atoms with Crippen molar-refractivity contribution in [2.24, 2.45) is 0 Å². The highest BCUT2D eigenvalue weighted by atomic mass is 16.5. The van der Waals surface area contributed by atoms with Crippen LogP contribution < -0.4 is 9.64 Å². The van der Waals surface area contributed by atoms with Gasteiger partial charge in [-0.3, -0.25) is 0 Å². The van der Waals surface area contributed by atoms with Crippen LogP contribution in [0.5, 0.6) is 5.75 Å². The minimum Gasteiger partial charge on any atom is -0.487 e. The van der Waals surface area contributed by atoms with Gasteiger partial charge in [-0.2, -0.15) is 0 Å². The van der Waals surface area contributed by atoms with E-state index in [1.54, 1.807) is 0 Å². The minimum atomic E-state index is -1.06. The van der Waals surface area contributed by atoms with E-state index < -0.39 is 5.97 Å². The van der Waals surface area contributed by atoms with Gasteiger partial charge in [0.15, 0.2) is 0 Å². The molecule has 1 aliphatic heterocycles. The number of carboxylic acid groups (broad SMARTS) is 1. The summed E-state index contributed by atoms with van der Waals surface area (Å²) in [5, 5.41) is 9.36. The van der Waals surface area contributed by atoms with Gasteiger partial charge in [0.1, 0.15) is 17.9 Å². The summed E-state index contributed by atoms with van der Waals surface area (Å²) in [6, 6.07) is 7.74. The molecule has 1 aromatic carbocycles. The highest BCUT2D eigenvalue weighted by Gasteiger charge is 2.19. The molecule has 1 N–H and O–H groups in total. The number of carboxylic acids is 1. The van der Waals surface area contributed by atoms with Crippen LogP contribution >= 0.6 is 0 Å². The van der Waals surface area contributed by atoms with Gasteiger partial charge in [-0.05, 0) is 24.1 Å². The zero-order valence-corrected chi connectivity index (χ0v) is 14.1. The molecule has 0 spiro atoms. The molecule has 0 radical (unpaired) electrons. The summed E-state index contributed by atoms with van der Waals surface area (Å²) >= 11 is 0. The van der Waals surface area contributed by atoms with E-state index in [-0.39, 0.29) is 12.2 Å². The molecule has 0 unspecified atom stereocenters. The molecular weight excluding hydrogens is 322 g/mol. The van der Waals surface area contributed by atoms with Crippen molar-refractivity contribution in [3.05, 3.63) is 47.3 Å². The molecule has 0 amide bonds. The first-order valence-electron chi connectivity index (χ1n) is 8.31. The number of aromatic carboxylic acids is 1. The summed E-state index contributed by atoms with van der Waals surface area (Å²) < 4.78 is 11.0. The Morgan fingerprint density at radius 3 is 2.64 bits per heavy atom. The quantitative estimate of drug-likeness (QED) is 0.860. The Morgan fingerprint density at radius 1 is 1.28 bits per heavy atom. The maximum absolute atomic E-state index is 11.4. The molecule has 1 fully saturated rings. The molecule has 2 aromatic rings. The Bertz CT molecular complexity index is 728. The lowest BCUT2D eigenvalue weighted by molar-refractivity contribution is 0.0692. The fourth-order valence-corrected chi connectivity index (χ4v) is 2.58. The zero-order valence-electron chi connectivity index (χ0n) is 14.1. The molecular formula is C18H21N3O4. The van der Waals surface area contributed by atoms with E-state index >= 15 is 0 Å². The van der Waals surface area contributed by atoms with Crippen LogP contribution in [0.2, 0.25) is 0 Å². The van der Waals surface area contributed by atoms with Crippen LogP contribution in [0, 0.1) is 0 Å². The van der Waals surface area contributed by atoms with E-state index in [4.69, 9.17) is 9.47 Å². The van der Waals surface area contributed by atoms with Crippen molar-refractivity contribution in [1.29, 1.82) is 0 Å². The Balaban J connectivity index is 1.77. The average molecular weight is 343 g/mol. The Kier molecular flexibility index (Phi) is 5.45. The molecule has 25 heavy (non-hydrogen) atoms. The third-order valence-electron chi connectivity index (χ3n) is 4.09. The average Bonchev–Trinajstić information content (AvgIpc) is 2.67. The van der Waals surface area contributed by atoms with E-state index in [0.29, 0.717) is 43.7 Å². The van der Waals surface area contributed by atoms with Gasteiger partial charge in [0, 0.05) is 19.3 Å². The molecule has 1 aliphatic rings. The standard InChI is InChI=1S/C18H21N3O4/c1-2-13-3-5-14(6-4-13)25-12-16-15(17(22)23)11-19-18(20-16)21-7-9-24-10-8-21/h3-6,11H,2,7-10,12H2,1H3,(H,22,23). The van der Waals surface area contributed by atoms with Crippen LogP contribution in [0.3, 0.4) is 0 Å². The van der Waals surface area contributed by atoms with Crippen molar-refractivity contribution in [1.82, 2.24) is 9.97 Å². The zero-order chi connectivity index (χ0) is 17.6. The summed E-state index contributed by atoms with van der Waals surface area (Å²) in [6.07, 6.45) is 2.30. The van der Waals surface area contributed by atoms with E-state index in [0.717, 1.165) is 6.42 Å². The molecule has 3 rings (SSSR count). The van der Waals surface area contributed by atoms with E-state index in [1.165, 1.54) is 11.8 Å². The predicted molar refractivity (Wildman–Crippen MR) is 92.2 cm³/mol. The first-order chi connectivity index (χ1) is 12.2. The first-order valence-corrected chi connectivity index (χ1v) is 8.31. The number of carbonyl (C=O) groups is 1. The fourth-order valence-electron chi connectivity index (χ4n) is 2.58. The Hall–Kier alpha value is -2.67. The van der Waals surface area contributed by atoms with E-state index in [2.05, 4.69) is 16.9 Å². The topological polar surface area (TPSA) is 84.8 Å². The Labute approximate surface area is 146 Å². The Morgan fingerprint density at radius 2 is 2.00 bits per heavy atom. The van der Waals surface area contributed by atoms with Crippen molar-refractivity contribution in [3.63, 3.8) is 0 Å². The van der Waals surface area contributed by atoms with Crippen molar-refractivity contribution in [2.45, 2.75) is 20.0 Å². The number of benzene rings is 1. The number of aromatic nitrogens is 2. The van der Waals surface area contributed by atoms with E-state index in [9.17, 15) is 9.90 Å². The summed E-state index contributed by atoms with van der Waals surface area (Å²) in [4.78, 5) is 22.0. The second kappa shape index (κ2) is 7.94. The smallest absolute Gasteiger partial charge is 0.339 e. The largest absolute Gasteiger partial charge is 0.487 e. The lowest BCUT2D eigenvalue weighted by Gasteiger charge is -2.27. The van der Waals surface area contributed by atoms with Crippen LogP contribution in [0.4, 0.5) is 5.95 Å². The maximum atomic E-state index is 11.4. The van der Waals surface area contributed by atoms with Crippen LogP contribution in [0.25, 0.3) is 0 Å². The van der Waals surface area contributed by atoms with Crippen molar-refractivity contribution in [2.75, 3.05) is 31.2 Å². The second-order valence-corrected chi connectivity index (χ2v) is 5.72. The normalized spacial score (nSPS) is 14.4. The summed E-state index contributed by atoms with van der Waals surface area (Å²) in [7, 11) is 0. The van der Waals surface area contributed by atoms with Crippen LogP contribution in [-0.2, 0) is 17.8 Å². The molecule has 0 atom stereocenters. The molecule has 7 heteroatoms. The molecule has 7 nitrogen and oxygen atoms in total. The molecule has 0 aliphatic carbocycles. The van der Waals surface area contributed by atoms with Crippen LogP contribution in [0.1, 0.15) is 28.5 Å². The molecule has 1 aromatic heterocycles. The van der Waals surface area contributed by atoms with Crippen LogP contribution in [-0.4, -0.2) is 47.3 Å². The number of aryl methyl sites for hydroxylation is 1. The van der Waals surface area contributed by atoms with E-state index in [1.807, 2.05) is 29.2 Å². The third-order valence-corrected chi connectivity index (χ3v) is 4.09. The summed E-state index contributed by atoms with van der Waals surface area (Å²) in [5.41, 5.74) is 1.64. The second-order valence-electron chi connectivity index (χ2n) is 5.72. The highest BCUT2D eigenvalue weighted by molar-refractivity contribution is 5.88. The van der Waals surface area contributed by atoms with Gasteiger partial charge < -0.3 is 19.5 Å². The fraction of sp³-hybridized carbons (Fsp3) is 0.389. The SMILES string of the molecule is CCc1ccc(OCc2nc(N3CCOCC3)ncc2C(=O)O)cc1. The van der Waals surface area contributed by atoms with Gasteiger partial charge in [0.2, 0.25) is 5.95 Å². The number of morpholine rings is 1. The third kappa shape index (κ3) is 4.24. The van der Waals surface area contributed by atoms with Gasteiger partial charge in [-0.15, -0.1) is 0 Å². The van der Waals surface area contributed by atoms with Crippen molar-refractivity contribution in [3.8, 4) is 5.75 Å². The lowest BCUT2D eigenvalue weighted by Crippen LogP contribution is -2.37. The minimum absolute atomic E-state index is 0.0576. The van der Waals surface area contributed by atoms with Gasteiger partial charge in [0.05, 0.1) is 18.9 Å². The molecule has 132 valence electrons. The monoisotopic (exact) mass is 343 g/mol. The van der Waals surface area contributed by atoms with Crippen molar-refractivity contribution >= 4 is 11.9 Å². The molecule has 2 heterocycles. The van der Waals surface area contributed by atoms with Gasteiger partial charge in [0.25, 0.3) is 0 Å². The van der Waals surface area contributed by atoms with Gasteiger partial charge in [-0.1, -0.05) is 19.1 Å². The van der Waals surface area contributed by atoms with Crippen LogP contribution in [0.15, 0.2) is 30.5 Å². The molecule has 1 saturated heterocycles. The number of hydrogen-bond acceptors (Lipinski definition) is 6. The van der Waals surface area contributed by atoms with Gasteiger partial charge in [-0.25, -0.2) is 14.8 Å². The summed E-state index contributed by atoms with van der Waals surface area (Å²) in [6.45, 7) is 4.76. The number of nitrogens with zero attached hydrogens (tertiary/aromatic N) is 3. The first kappa shape index (κ1) is 17.2. The number of rotatable bonds is 6. The lowest BCUT2D eigenvalue weighted by atomic mass is 10.2. The predicted octanol–water partition coefficient (Wildman–Crippen LogP) is 2.15. The number of ether oxygens (including phenoxy) is 2. The molecule has 0 bridgehead atoms.